The number of carbonyl (C=O) groups excluding carboxylic acids is 16. The van der Waals surface area contributed by atoms with Gasteiger partial charge in [-0.25, -0.2) is 4.79 Å². The first kappa shape index (κ1) is 108. The largest absolute Gasteiger partial charge is 0.480 e. The van der Waals surface area contributed by atoms with E-state index in [1.807, 2.05) is 11.6 Å². The molecular formula is C75H129N19O23S2. The van der Waals surface area contributed by atoms with Crippen molar-refractivity contribution in [3.63, 3.8) is 0 Å². The number of primary amides is 1. The second-order valence-corrected chi connectivity index (χ2v) is 31.6. The maximum absolute atomic E-state index is 14.5. The van der Waals surface area contributed by atoms with Gasteiger partial charge in [0, 0.05) is 18.6 Å². The van der Waals surface area contributed by atoms with Crippen molar-refractivity contribution < 1.29 is 112 Å². The van der Waals surface area contributed by atoms with Gasteiger partial charge in [0.05, 0.1) is 44.1 Å². The number of aliphatic hydroxyl groups excluding tert-OH is 5. The van der Waals surface area contributed by atoms with E-state index in [-0.39, 0.29) is 88.0 Å². The van der Waals surface area contributed by atoms with Crippen LogP contribution < -0.4 is 103 Å². The van der Waals surface area contributed by atoms with E-state index in [4.69, 9.17) is 22.9 Å². The number of carbonyl (C=O) groups is 17. The molecule has 0 bridgehead atoms. The van der Waals surface area contributed by atoms with Crippen LogP contribution in [-0.4, -0.2) is 291 Å². The van der Waals surface area contributed by atoms with Crippen LogP contribution in [0.5, 0.6) is 0 Å². The molecule has 44 heteroatoms. The first-order valence-electron chi connectivity index (χ1n) is 39.5. The van der Waals surface area contributed by atoms with Gasteiger partial charge in [-0.3, -0.25) is 76.7 Å². The lowest BCUT2D eigenvalue weighted by Gasteiger charge is -2.30. The fraction of sp³-hybridized carbons (Fsp3) is 0.693. The van der Waals surface area contributed by atoms with Crippen LogP contribution in [0.1, 0.15) is 152 Å². The third-order valence-electron chi connectivity index (χ3n) is 18.2. The zero-order chi connectivity index (χ0) is 90.5. The number of hydrogen-bond donors (Lipinski definition) is 26. The normalized spacial score (nSPS) is 15.9. The Bertz CT molecular complexity index is 3480. The Morgan fingerprint density at radius 3 is 1.17 bits per heavy atom. The molecule has 0 aliphatic rings. The topological polar surface area (TPSA) is 696 Å². The van der Waals surface area contributed by atoms with Crippen molar-refractivity contribution in [2.45, 2.75) is 262 Å². The molecule has 119 heavy (non-hydrogen) atoms. The zero-order valence-corrected chi connectivity index (χ0v) is 71.2. The number of benzene rings is 1. The van der Waals surface area contributed by atoms with E-state index in [1.54, 1.807) is 71.9 Å². The van der Waals surface area contributed by atoms with Crippen molar-refractivity contribution in [1.29, 1.82) is 0 Å². The van der Waals surface area contributed by atoms with E-state index in [1.165, 1.54) is 18.7 Å². The first-order chi connectivity index (χ1) is 55.9. The van der Waals surface area contributed by atoms with E-state index >= 15 is 0 Å². The number of thiol groups is 1. The summed E-state index contributed by atoms with van der Waals surface area (Å²) in [5.74, 6) is -18.5. The van der Waals surface area contributed by atoms with Crippen LogP contribution in [0.2, 0.25) is 0 Å². The molecule has 1 rings (SSSR count). The molecule has 16 amide bonds. The quantitative estimate of drug-likeness (QED) is 0.0213. The summed E-state index contributed by atoms with van der Waals surface area (Å²) < 4.78 is 0. The minimum Gasteiger partial charge on any atom is -0.480 e. The van der Waals surface area contributed by atoms with Crippen molar-refractivity contribution in [1.82, 2.24) is 79.8 Å². The van der Waals surface area contributed by atoms with Gasteiger partial charge in [-0.1, -0.05) is 71.9 Å². The molecule has 0 unspecified atom stereocenters. The Kier molecular flexibility index (Phi) is 51.5. The fourth-order valence-electron chi connectivity index (χ4n) is 11.5. The second kappa shape index (κ2) is 56.9. The molecule has 0 saturated heterocycles. The van der Waals surface area contributed by atoms with Gasteiger partial charge in [-0.05, 0) is 147 Å². The summed E-state index contributed by atoms with van der Waals surface area (Å²) in [4.78, 5) is 232. The van der Waals surface area contributed by atoms with Crippen molar-refractivity contribution in [2.24, 2.45) is 40.7 Å². The van der Waals surface area contributed by atoms with E-state index in [2.05, 4.69) is 87.1 Å². The monoisotopic (exact) mass is 1730 g/mol. The molecule has 18 atom stereocenters. The molecule has 1 aromatic rings. The van der Waals surface area contributed by atoms with Crippen LogP contribution in [0.25, 0.3) is 0 Å². The van der Waals surface area contributed by atoms with Gasteiger partial charge in [0.1, 0.15) is 84.6 Å². The molecule has 0 spiro atoms. The summed E-state index contributed by atoms with van der Waals surface area (Å²) >= 11 is 5.72. The number of aliphatic hydroxyl groups is 5. The summed E-state index contributed by atoms with van der Waals surface area (Å²) in [7, 11) is 0. The van der Waals surface area contributed by atoms with Crippen molar-refractivity contribution in [3.05, 3.63) is 35.9 Å². The third kappa shape index (κ3) is 41.4. The number of carboxylic acid groups (broad SMARTS) is 1. The smallest absolute Gasteiger partial charge is 0.328 e. The minimum absolute atomic E-state index is 0.0785. The maximum Gasteiger partial charge on any atom is 0.328 e. The Morgan fingerprint density at radius 1 is 0.403 bits per heavy atom. The highest BCUT2D eigenvalue weighted by Crippen LogP contribution is 2.15. The summed E-state index contributed by atoms with van der Waals surface area (Å²) in [5, 5.41) is 97.5. The number of carboxylic acids is 1. The Balaban J connectivity index is 3.50. The number of hydrogen-bond acceptors (Lipinski definition) is 27. The summed E-state index contributed by atoms with van der Waals surface area (Å²) in [6, 6.07) is -14.8. The summed E-state index contributed by atoms with van der Waals surface area (Å²) in [5.41, 5.74) is 23.6. The highest BCUT2D eigenvalue weighted by molar-refractivity contribution is 7.98. The molecular weight excluding hydrogens is 1600 g/mol. The molecule has 674 valence electrons. The molecule has 1 aromatic carbocycles. The highest BCUT2D eigenvalue weighted by Gasteiger charge is 2.40. The Labute approximate surface area is 702 Å². The molecule has 42 nitrogen and oxygen atoms in total. The van der Waals surface area contributed by atoms with Gasteiger partial charge >= 0.3 is 5.97 Å². The average Bonchev–Trinajstić information content (AvgIpc) is 0.863. The van der Waals surface area contributed by atoms with Crippen LogP contribution in [0.4, 0.5) is 0 Å². The molecule has 0 aromatic heterocycles. The van der Waals surface area contributed by atoms with Crippen molar-refractivity contribution in [3.8, 4) is 0 Å². The lowest BCUT2D eigenvalue weighted by Crippen LogP contribution is -2.62. The molecule has 0 saturated carbocycles. The van der Waals surface area contributed by atoms with E-state index in [9.17, 15) is 112 Å². The lowest BCUT2D eigenvalue weighted by atomic mass is 9.99. The number of amides is 16. The zero-order valence-electron chi connectivity index (χ0n) is 69.4. The summed E-state index contributed by atoms with van der Waals surface area (Å²) in [6.45, 7) is 12.1. The van der Waals surface area contributed by atoms with Gasteiger partial charge in [0.15, 0.2) is 0 Å². The minimum atomic E-state index is -1.92. The van der Waals surface area contributed by atoms with Gasteiger partial charge in [0.25, 0.3) is 0 Å². The van der Waals surface area contributed by atoms with Gasteiger partial charge in [-0.15, -0.1) is 0 Å². The predicted octanol–water partition coefficient (Wildman–Crippen LogP) is -7.96. The first-order valence-corrected chi connectivity index (χ1v) is 41.5. The molecule has 0 fully saturated rings. The van der Waals surface area contributed by atoms with Crippen molar-refractivity contribution >= 4 is 125 Å². The van der Waals surface area contributed by atoms with Crippen LogP contribution in [0, 0.1) is 17.8 Å². The summed E-state index contributed by atoms with van der Waals surface area (Å²) in [6.07, 6.45) is -3.64. The van der Waals surface area contributed by atoms with E-state index in [0.717, 1.165) is 20.8 Å². The number of nitrogens with one attached hydrogen (secondary N) is 15. The second-order valence-electron chi connectivity index (χ2n) is 30.2. The van der Waals surface area contributed by atoms with Crippen LogP contribution in [0.3, 0.4) is 0 Å². The molecule has 0 aliphatic heterocycles. The molecule has 0 heterocycles. The number of aliphatic carboxylic acids is 1. The molecule has 29 N–H and O–H groups in total. The predicted molar refractivity (Wildman–Crippen MR) is 440 cm³/mol. The molecule has 0 radical (unpaired) electrons. The van der Waals surface area contributed by atoms with Gasteiger partial charge in [0.2, 0.25) is 94.5 Å². The number of nitrogens with two attached hydrogens (primary N) is 4. The van der Waals surface area contributed by atoms with E-state index in [0.29, 0.717) is 30.6 Å². The van der Waals surface area contributed by atoms with E-state index < -0.39 is 242 Å². The van der Waals surface area contributed by atoms with Gasteiger partial charge < -0.3 is 133 Å². The van der Waals surface area contributed by atoms with Crippen molar-refractivity contribution in [2.75, 3.05) is 50.6 Å². The number of rotatable bonds is 59. The third-order valence-corrected chi connectivity index (χ3v) is 19.2. The molecule has 0 aliphatic carbocycles. The Morgan fingerprint density at radius 2 is 0.756 bits per heavy atom. The maximum atomic E-state index is 14.5. The van der Waals surface area contributed by atoms with Crippen LogP contribution in [-0.2, 0) is 87.9 Å². The fourth-order valence-corrected chi connectivity index (χ4v) is 12.3. The van der Waals surface area contributed by atoms with Crippen LogP contribution >= 0.6 is 24.4 Å². The number of unbranched alkanes of at least 4 members (excludes halogenated alkanes) is 2. The average molecular weight is 1730 g/mol. The number of thioether (sulfide) groups is 1. The standard InChI is InChI=1S/C75H129N19O23S2/c1-37(2)29-49(66(107)83-47(22-16-18-27-77)64(105)84-48(23-24-56(79)100)65(106)93-59(42(9)98)73(114)88-50(30-38(3)4)67(108)89-53(34-95)70(111)90-54(35-96)75(116)117)87-74(115)60(43(10)99)94-69(110)51(31-39(5)6)86-63(104)46(21-15-17-26-76)82-57(101)33-80-72(113)58(41(8)97)92-71(112)55(36-118)91-68(109)52(32-44-19-13-12-14-20-44)85-61(102)40(7)81-62(103)45(78)25-28-119-11/h12-14,19-20,37-43,45-55,58-60,95-99,118H,15-18,21-36,76-78H2,1-11H3,(H2,79,100)(H,80,113)(H,81,103)(H,82,101)(H,83,107)(H,84,105)(H,85,102)(H,86,104)(H,87,115)(H,88,114)(H,89,108)(H,90,111)(H,91,109)(H,92,112)(H,93,106)(H,94,110)(H,116,117)/t40-,41+,42+,43+,45-,46-,47-,48-,49-,50-,51-,52-,53-,54-,55-,58-,59-,60-/m0/s1. The van der Waals surface area contributed by atoms with Gasteiger partial charge in [-0.2, -0.15) is 24.4 Å². The highest BCUT2D eigenvalue weighted by atomic mass is 32.2. The van der Waals surface area contributed by atoms with Crippen LogP contribution in [0.15, 0.2) is 30.3 Å². The lowest BCUT2D eigenvalue weighted by molar-refractivity contribution is -0.143. The Hall–Kier alpha value is -9.41. The SMILES string of the molecule is CSCC[C@H](N)C(=O)N[C@@H](C)C(=O)N[C@@H](Cc1ccccc1)C(=O)N[C@@H](CS)C(=O)N[C@H](C(=O)NCC(=O)N[C@@H](CCCCN)C(=O)N[C@@H](CC(C)C)C(=O)N[C@H](C(=O)N[C@@H](CC(C)C)C(=O)N[C@@H](CCCCN)C(=O)N[C@@H](CCC(N)=O)C(=O)N[C@H](C(=O)N[C@@H](CC(C)C)C(=O)N[C@@H](CO)C(=O)N[C@@H](CO)C(=O)O)[C@@H](C)O)[C@@H](C)O)[C@@H](C)O.